The number of aliphatic carboxylic acids is 1. The molecule has 2 aromatic heterocycles. The van der Waals surface area contributed by atoms with Gasteiger partial charge in [-0.2, -0.15) is 0 Å². The first-order valence-electron chi connectivity index (χ1n) is 11.9. The summed E-state index contributed by atoms with van der Waals surface area (Å²) in [5, 5.41) is 12.7. The van der Waals surface area contributed by atoms with Gasteiger partial charge in [0.15, 0.2) is 0 Å². The fraction of sp³-hybridized carbons (Fsp3) is 0.429. The summed E-state index contributed by atoms with van der Waals surface area (Å²) in [5.74, 6) is 7.32. The summed E-state index contributed by atoms with van der Waals surface area (Å²) in [6.07, 6.45) is 6.16. The lowest BCUT2D eigenvalue weighted by atomic mass is 9.80. The highest BCUT2D eigenvalue weighted by Crippen LogP contribution is 2.31. The maximum absolute atomic E-state index is 11.6. The topological polar surface area (TPSA) is 62.7 Å². The second-order valence-electron chi connectivity index (χ2n) is 9.12. The molecule has 178 valence electrons. The SMILES string of the molecule is COc1ccc2nccc(CCC[C@@H]3CCN(CC#Cc4sccc4C)C[C@@H]3CC(=O)O)c2c1. The fourth-order valence-electron chi connectivity index (χ4n) is 4.95. The molecule has 1 N–H and O–H groups in total. The van der Waals surface area contributed by atoms with E-state index in [2.05, 4.69) is 52.2 Å². The highest BCUT2D eigenvalue weighted by atomic mass is 32.1. The molecule has 34 heavy (non-hydrogen) atoms. The summed E-state index contributed by atoms with van der Waals surface area (Å²) in [7, 11) is 1.68. The first-order valence-corrected chi connectivity index (χ1v) is 12.8. The number of thiophene rings is 1. The van der Waals surface area contributed by atoms with E-state index in [1.54, 1.807) is 18.4 Å². The minimum absolute atomic E-state index is 0.172. The molecular weight excluding hydrogens is 444 g/mol. The van der Waals surface area contributed by atoms with Crippen molar-refractivity contribution in [3.63, 3.8) is 0 Å². The number of hydrogen-bond acceptors (Lipinski definition) is 5. The summed E-state index contributed by atoms with van der Waals surface area (Å²) < 4.78 is 5.40. The van der Waals surface area contributed by atoms with E-state index in [0.717, 1.165) is 60.3 Å². The van der Waals surface area contributed by atoms with Crippen molar-refractivity contribution < 1.29 is 14.6 Å². The Morgan fingerprint density at radius 1 is 1.29 bits per heavy atom. The molecule has 0 saturated carbocycles. The zero-order valence-corrected chi connectivity index (χ0v) is 20.7. The minimum atomic E-state index is -0.704. The van der Waals surface area contributed by atoms with Crippen LogP contribution in [-0.2, 0) is 11.2 Å². The van der Waals surface area contributed by atoms with E-state index in [0.29, 0.717) is 12.5 Å². The molecule has 0 unspecified atom stereocenters. The Bertz CT molecular complexity index is 1190. The summed E-state index contributed by atoms with van der Waals surface area (Å²) in [6, 6.07) is 10.2. The van der Waals surface area contributed by atoms with Crippen molar-refractivity contribution in [1.82, 2.24) is 9.88 Å². The normalized spacial score (nSPS) is 18.4. The van der Waals surface area contributed by atoms with Crippen molar-refractivity contribution in [2.24, 2.45) is 11.8 Å². The standard InChI is InChI=1S/C28H32N2O3S/c1-20-12-16-34-27(20)7-4-14-30-15-11-21(23(19-30)17-28(31)32)5-3-6-22-10-13-29-26-9-8-24(33-2)18-25(22)26/h8-10,12-13,16,18,21,23H,3,5-6,11,14-15,17,19H2,1-2H3,(H,31,32)/t21-,23+/m1/s1. The molecule has 6 heteroatoms. The van der Waals surface area contributed by atoms with Crippen LogP contribution < -0.4 is 4.74 Å². The van der Waals surface area contributed by atoms with Crippen molar-refractivity contribution in [2.75, 3.05) is 26.7 Å². The number of hydrogen-bond donors (Lipinski definition) is 1. The molecule has 1 saturated heterocycles. The van der Waals surface area contributed by atoms with Gasteiger partial charge in [-0.15, -0.1) is 11.3 Å². The lowest BCUT2D eigenvalue weighted by Crippen LogP contribution is -2.41. The van der Waals surface area contributed by atoms with Crippen molar-refractivity contribution in [3.8, 4) is 17.6 Å². The molecule has 1 aromatic carbocycles. The van der Waals surface area contributed by atoms with Crippen molar-refractivity contribution >= 4 is 28.2 Å². The van der Waals surface area contributed by atoms with Gasteiger partial charge in [-0.05, 0) is 97.8 Å². The van der Waals surface area contributed by atoms with Crippen LogP contribution >= 0.6 is 11.3 Å². The van der Waals surface area contributed by atoms with E-state index in [1.807, 2.05) is 18.3 Å². The van der Waals surface area contributed by atoms with Crippen LogP contribution in [0.5, 0.6) is 5.75 Å². The van der Waals surface area contributed by atoms with E-state index >= 15 is 0 Å². The van der Waals surface area contributed by atoms with Gasteiger partial charge < -0.3 is 9.84 Å². The summed E-state index contributed by atoms with van der Waals surface area (Å²) in [5.41, 5.74) is 3.48. The average molecular weight is 477 g/mol. The monoisotopic (exact) mass is 476 g/mol. The van der Waals surface area contributed by atoms with Crippen LogP contribution in [-0.4, -0.2) is 47.7 Å². The number of ether oxygens (including phenoxy) is 1. The lowest BCUT2D eigenvalue weighted by molar-refractivity contribution is -0.139. The van der Waals surface area contributed by atoms with Crippen LogP contribution in [0.25, 0.3) is 10.9 Å². The third-order valence-corrected chi connectivity index (χ3v) is 7.77. The second kappa shape index (κ2) is 11.5. The third-order valence-electron chi connectivity index (χ3n) is 6.84. The van der Waals surface area contributed by atoms with Gasteiger partial charge in [0, 0.05) is 24.5 Å². The van der Waals surface area contributed by atoms with E-state index in [9.17, 15) is 9.90 Å². The van der Waals surface area contributed by atoms with Gasteiger partial charge in [-0.3, -0.25) is 14.7 Å². The average Bonchev–Trinajstić information content (AvgIpc) is 3.24. The van der Waals surface area contributed by atoms with Crippen LogP contribution in [0.2, 0.25) is 0 Å². The first kappa shape index (κ1) is 24.3. The van der Waals surface area contributed by atoms with Gasteiger partial charge in [0.1, 0.15) is 5.75 Å². The molecule has 4 rings (SSSR count). The molecule has 0 amide bonds. The van der Waals surface area contributed by atoms with Crippen LogP contribution in [0.4, 0.5) is 0 Å². The van der Waals surface area contributed by atoms with E-state index in [1.165, 1.54) is 11.1 Å². The largest absolute Gasteiger partial charge is 0.497 e. The molecule has 0 bridgehead atoms. The van der Waals surface area contributed by atoms with Crippen LogP contribution in [0.3, 0.4) is 0 Å². The van der Waals surface area contributed by atoms with Crippen molar-refractivity contribution in [3.05, 3.63) is 57.9 Å². The van der Waals surface area contributed by atoms with Gasteiger partial charge in [0.05, 0.1) is 24.0 Å². The molecule has 2 atom stereocenters. The number of methoxy groups -OCH3 is 1. The van der Waals surface area contributed by atoms with Crippen molar-refractivity contribution in [1.29, 1.82) is 0 Å². The smallest absolute Gasteiger partial charge is 0.303 e. The predicted molar refractivity (Wildman–Crippen MR) is 137 cm³/mol. The third kappa shape index (κ3) is 6.16. The van der Waals surface area contributed by atoms with Gasteiger partial charge >= 0.3 is 5.97 Å². The second-order valence-corrected chi connectivity index (χ2v) is 10.0. The van der Waals surface area contributed by atoms with Crippen LogP contribution in [0, 0.1) is 30.6 Å². The number of likely N-dealkylation sites (tertiary alicyclic amines) is 1. The van der Waals surface area contributed by atoms with Gasteiger partial charge in [0.25, 0.3) is 0 Å². The maximum Gasteiger partial charge on any atom is 0.303 e. The van der Waals surface area contributed by atoms with Crippen molar-refractivity contribution in [2.45, 2.75) is 39.0 Å². The summed E-state index contributed by atoms with van der Waals surface area (Å²) in [6.45, 7) is 4.57. The number of aryl methyl sites for hydroxylation is 2. The Morgan fingerprint density at radius 2 is 2.18 bits per heavy atom. The van der Waals surface area contributed by atoms with Crippen LogP contribution in [0.15, 0.2) is 41.9 Å². The fourth-order valence-corrected chi connectivity index (χ4v) is 5.74. The molecule has 3 heterocycles. The zero-order chi connectivity index (χ0) is 23.9. The number of nitrogens with zero attached hydrogens (tertiary/aromatic N) is 2. The Labute approximate surface area is 205 Å². The predicted octanol–water partition coefficient (Wildman–Crippen LogP) is 5.40. The minimum Gasteiger partial charge on any atom is -0.497 e. The molecule has 5 nitrogen and oxygen atoms in total. The Kier molecular flexibility index (Phi) is 8.21. The molecule has 0 spiro atoms. The zero-order valence-electron chi connectivity index (χ0n) is 19.9. The molecular formula is C28H32N2O3S. The van der Waals surface area contributed by atoms with E-state index < -0.39 is 5.97 Å². The number of carboxylic acid groups (broad SMARTS) is 1. The molecule has 1 aliphatic rings. The van der Waals surface area contributed by atoms with Gasteiger partial charge in [0.2, 0.25) is 0 Å². The number of carbonyl (C=O) groups is 1. The van der Waals surface area contributed by atoms with Crippen LogP contribution in [0.1, 0.15) is 41.7 Å². The highest BCUT2D eigenvalue weighted by molar-refractivity contribution is 7.10. The number of aromatic nitrogens is 1. The summed E-state index contributed by atoms with van der Waals surface area (Å²) in [4.78, 5) is 19.5. The number of carboxylic acids is 1. The Hall–Kier alpha value is -2.88. The number of pyridine rings is 1. The molecule has 1 aliphatic heterocycles. The maximum atomic E-state index is 11.6. The Balaban J connectivity index is 1.35. The summed E-state index contributed by atoms with van der Waals surface area (Å²) >= 11 is 1.67. The molecule has 0 radical (unpaired) electrons. The number of benzene rings is 1. The quantitative estimate of drug-likeness (QED) is 0.441. The first-order chi connectivity index (χ1) is 16.5. The molecule has 3 aromatic rings. The van der Waals surface area contributed by atoms with Gasteiger partial charge in [-0.1, -0.05) is 11.8 Å². The molecule has 0 aliphatic carbocycles. The van der Waals surface area contributed by atoms with E-state index in [-0.39, 0.29) is 12.3 Å². The Morgan fingerprint density at radius 3 is 2.94 bits per heavy atom. The highest BCUT2D eigenvalue weighted by Gasteiger charge is 2.30. The number of rotatable bonds is 8. The number of fused-ring (bicyclic) bond motifs is 1. The number of piperidine rings is 1. The van der Waals surface area contributed by atoms with E-state index in [4.69, 9.17) is 4.74 Å². The lowest BCUT2D eigenvalue weighted by Gasteiger charge is -2.37. The molecule has 1 fully saturated rings. The van der Waals surface area contributed by atoms with Gasteiger partial charge in [-0.25, -0.2) is 0 Å².